The zero-order valence-electron chi connectivity index (χ0n) is 12.5. The fourth-order valence-corrected chi connectivity index (χ4v) is 2.12. The standard InChI is InChI=1S/C17H20ClNO2/c1-12(2)19-11-13-10-14(18)8-9-15(13)21-17-7-5-4-6-16(17)20-3/h4-10,12,19H,11H2,1-3H3. The Balaban J connectivity index is 2.26. The maximum absolute atomic E-state index is 6.09. The Morgan fingerprint density at radius 1 is 1.05 bits per heavy atom. The summed E-state index contributed by atoms with van der Waals surface area (Å²) in [7, 11) is 1.63. The number of methoxy groups -OCH3 is 1. The van der Waals surface area contributed by atoms with Crippen molar-refractivity contribution in [3.63, 3.8) is 0 Å². The molecule has 0 bridgehead atoms. The summed E-state index contributed by atoms with van der Waals surface area (Å²) in [5.41, 5.74) is 1.02. The monoisotopic (exact) mass is 305 g/mol. The number of para-hydroxylation sites is 2. The first-order valence-electron chi connectivity index (χ1n) is 6.93. The molecule has 0 unspecified atom stereocenters. The van der Waals surface area contributed by atoms with Gasteiger partial charge in [0.1, 0.15) is 5.75 Å². The predicted molar refractivity (Wildman–Crippen MR) is 86.5 cm³/mol. The number of hydrogen-bond donors (Lipinski definition) is 1. The van der Waals surface area contributed by atoms with Crippen LogP contribution in [-0.2, 0) is 6.54 Å². The van der Waals surface area contributed by atoms with E-state index in [1.165, 1.54) is 0 Å². The van der Waals surface area contributed by atoms with Crippen LogP contribution in [0.1, 0.15) is 19.4 Å². The average Bonchev–Trinajstić information content (AvgIpc) is 2.48. The summed E-state index contributed by atoms with van der Waals surface area (Å²) in [5.74, 6) is 2.17. The average molecular weight is 306 g/mol. The fourth-order valence-electron chi connectivity index (χ4n) is 1.92. The van der Waals surface area contributed by atoms with Gasteiger partial charge in [0.05, 0.1) is 7.11 Å². The lowest BCUT2D eigenvalue weighted by molar-refractivity contribution is 0.377. The molecule has 0 heterocycles. The Kier molecular flexibility index (Phi) is 5.48. The molecule has 21 heavy (non-hydrogen) atoms. The summed E-state index contributed by atoms with van der Waals surface area (Å²) in [5, 5.41) is 4.07. The van der Waals surface area contributed by atoms with Gasteiger partial charge in [-0.15, -0.1) is 0 Å². The molecule has 0 amide bonds. The summed E-state index contributed by atoms with van der Waals surface area (Å²) in [6.45, 7) is 4.90. The molecule has 2 aromatic rings. The highest BCUT2D eigenvalue weighted by Crippen LogP contribution is 2.33. The lowest BCUT2D eigenvalue weighted by atomic mass is 10.2. The topological polar surface area (TPSA) is 30.5 Å². The molecule has 0 atom stereocenters. The van der Waals surface area contributed by atoms with Gasteiger partial charge >= 0.3 is 0 Å². The second-order valence-electron chi connectivity index (χ2n) is 5.04. The highest BCUT2D eigenvalue weighted by atomic mass is 35.5. The second kappa shape index (κ2) is 7.34. The molecule has 0 aromatic heterocycles. The number of ether oxygens (including phenoxy) is 2. The second-order valence-corrected chi connectivity index (χ2v) is 5.48. The van der Waals surface area contributed by atoms with Gasteiger partial charge in [-0.05, 0) is 30.3 Å². The van der Waals surface area contributed by atoms with Crippen LogP contribution >= 0.6 is 11.6 Å². The van der Waals surface area contributed by atoms with E-state index in [4.69, 9.17) is 21.1 Å². The molecular formula is C17H20ClNO2. The highest BCUT2D eigenvalue weighted by molar-refractivity contribution is 6.30. The summed E-state index contributed by atoms with van der Waals surface area (Å²) < 4.78 is 11.3. The first kappa shape index (κ1) is 15.7. The van der Waals surface area contributed by atoms with E-state index in [9.17, 15) is 0 Å². The largest absolute Gasteiger partial charge is 0.493 e. The molecule has 0 radical (unpaired) electrons. The van der Waals surface area contributed by atoms with E-state index < -0.39 is 0 Å². The molecular weight excluding hydrogens is 286 g/mol. The molecule has 2 rings (SSSR count). The van der Waals surface area contributed by atoms with E-state index in [0.29, 0.717) is 29.1 Å². The van der Waals surface area contributed by atoms with Gasteiger partial charge in [-0.25, -0.2) is 0 Å². The Hall–Kier alpha value is -1.71. The van der Waals surface area contributed by atoms with Crippen LogP contribution in [-0.4, -0.2) is 13.2 Å². The summed E-state index contributed by atoms with van der Waals surface area (Å²) in [6.07, 6.45) is 0. The van der Waals surface area contributed by atoms with Crippen LogP contribution in [0.15, 0.2) is 42.5 Å². The summed E-state index contributed by atoms with van der Waals surface area (Å²) in [6, 6.07) is 13.6. The van der Waals surface area contributed by atoms with Crippen molar-refractivity contribution in [1.82, 2.24) is 5.32 Å². The first-order chi connectivity index (χ1) is 10.1. The van der Waals surface area contributed by atoms with Crippen molar-refractivity contribution in [2.45, 2.75) is 26.4 Å². The van der Waals surface area contributed by atoms with Crippen molar-refractivity contribution in [3.8, 4) is 17.2 Å². The van der Waals surface area contributed by atoms with Gasteiger partial charge in [0.25, 0.3) is 0 Å². The zero-order valence-corrected chi connectivity index (χ0v) is 13.3. The molecule has 3 nitrogen and oxygen atoms in total. The molecule has 0 aliphatic heterocycles. The van der Waals surface area contributed by atoms with Crippen LogP contribution in [0.25, 0.3) is 0 Å². The van der Waals surface area contributed by atoms with Crippen molar-refractivity contribution >= 4 is 11.6 Å². The molecule has 112 valence electrons. The van der Waals surface area contributed by atoms with Gasteiger partial charge in [-0.1, -0.05) is 37.6 Å². The number of halogens is 1. The van der Waals surface area contributed by atoms with Gasteiger partial charge in [-0.3, -0.25) is 0 Å². The fraction of sp³-hybridized carbons (Fsp3) is 0.294. The van der Waals surface area contributed by atoms with Crippen molar-refractivity contribution < 1.29 is 9.47 Å². The molecule has 0 saturated heterocycles. The Morgan fingerprint density at radius 2 is 1.76 bits per heavy atom. The normalized spacial score (nSPS) is 10.7. The quantitative estimate of drug-likeness (QED) is 0.843. The maximum Gasteiger partial charge on any atom is 0.169 e. The van der Waals surface area contributed by atoms with Gasteiger partial charge in [0.15, 0.2) is 11.5 Å². The number of benzene rings is 2. The SMILES string of the molecule is COc1ccccc1Oc1ccc(Cl)cc1CNC(C)C. The molecule has 2 aromatic carbocycles. The minimum atomic E-state index is 0.392. The van der Waals surface area contributed by atoms with Crippen molar-refractivity contribution in [3.05, 3.63) is 53.1 Å². The third-order valence-corrected chi connectivity index (χ3v) is 3.25. The van der Waals surface area contributed by atoms with E-state index in [0.717, 1.165) is 11.3 Å². The molecule has 0 fully saturated rings. The highest BCUT2D eigenvalue weighted by Gasteiger charge is 2.09. The molecule has 4 heteroatoms. The Labute approximate surface area is 130 Å². The maximum atomic E-state index is 6.09. The molecule has 0 saturated carbocycles. The molecule has 0 aliphatic rings. The molecule has 0 aliphatic carbocycles. The number of nitrogens with one attached hydrogen (secondary N) is 1. The minimum Gasteiger partial charge on any atom is -0.493 e. The van der Waals surface area contributed by atoms with E-state index in [2.05, 4.69) is 19.2 Å². The zero-order chi connectivity index (χ0) is 15.2. The third-order valence-electron chi connectivity index (χ3n) is 3.01. The Morgan fingerprint density at radius 3 is 2.43 bits per heavy atom. The molecule has 0 spiro atoms. The van der Waals surface area contributed by atoms with Gasteiger partial charge in [0.2, 0.25) is 0 Å². The van der Waals surface area contributed by atoms with Crippen LogP contribution in [0.5, 0.6) is 17.2 Å². The van der Waals surface area contributed by atoms with Gasteiger partial charge in [0, 0.05) is 23.2 Å². The summed E-state index contributed by atoms with van der Waals surface area (Å²) >= 11 is 6.09. The van der Waals surface area contributed by atoms with Crippen molar-refractivity contribution in [2.24, 2.45) is 0 Å². The van der Waals surface area contributed by atoms with Crippen molar-refractivity contribution in [1.29, 1.82) is 0 Å². The van der Waals surface area contributed by atoms with E-state index in [-0.39, 0.29) is 0 Å². The lowest BCUT2D eigenvalue weighted by Crippen LogP contribution is -2.22. The lowest BCUT2D eigenvalue weighted by Gasteiger charge is -2.15. The van der Waals surface area contributed by atoms with Crippen LogP contribution in [0.2, 0.25) is 5.02 Å². The van der Waals surface area contributed by atoms with E-state index in [1.807, 2.05) is 42.5 Å². The van der Waals surface area contributed by atoms with E-state index in [1.54, 1.807) is 7.11 Å². The van der Waals surface area contributed by atoms with Gasteiger partial charge in [-0.2, -0.15) is 0 Å². The first-order valence-corrected chi connectivity index (χ1v) is 7.30. The summed E-state index contributed by atoms with van der Waals surface area (Å²) in [4.78, 5) is 0. The van der Waals surface area contributed by atoms with Crippen LogP contribution in [0, 0.1) is 0 Å². The smallest absolute Gasteiger partial charge is 0.169 e. The number of rotatable bonds is 6. The van der Waals surface area contributed by atoms with Crippen LogP contribution in [0.3, 0.4) is 0 Å². The predicted octanol–water partition coefficient (Wildman–Crippen LogP) is 4.64. The van der Waals surface area contributed by atoms with E-state index >= 15 is 0 Å². The molecule has 1 N–H and O–H groups in total. The van der Waals surface area contributed by atoms with Crippen LogP contribution in [0.4, 0.5) is 0 Å². The van der Waals surface area contributed by atoms with Crippen molar-refractivity contribution in [2.75, 3.05) is 7.11 Å². The third kappa shape index (κ3) is 4.38. The van der Waals surface area contributed by atoms with Gasteiger partial charge < -0.3 is 14.8 Å². The van der Waals surface area contributed by atoms with Crippen LogP contribution < -0.4 is 14.8 Å². The number of hydrogen-bond acceptors (Lipinski definition) is 3. The Bertz CT molecular complexity index is 599. The minimum absolute atomic E-state index is 0.392.